The van der Waals surface area contributed by atoms with Crippen LogP contribution in [0.4, 0.5) is 0 Å². The third-order valence-electron chi connectivity index (χ3n) is 0. The molecule has 0 aromatic carbocycles. The van der Waals surface area contributed by atoms with Gasteiger partial charge in [-0.05, 0) is 0 Å². The van der Waals surface area contributed by atoms with Crippen LogP contribution in [-0.4, -0.2) is 85.7 Å². The summed E-state index contributed by atoms with van der Waals surface area (Å²) in [6.45, 7) is 0. The van der Waals surface area contributed by atoms with Crippen LogP contribution in [0.1, 0.15) is 0 Å². The van der Waals surface area contributed by atoms with Gasteiger partial charge in [-0.15, -0.1) is 0 Å². The molecule has 13 heavy (non-hydrogen) atoms. The van der Waals surface area contributed by atoms with Crippen molar-refractivity contribution in [2.45, 2.75) is 0 Å². The molecule has 0 bridgehead atoms. The normalized spacial score (nSPS) is 0. The Morgan fingerprint density at radius 3 is 0.308 bits per heavy atom. The predicted molar refractivity (Wildman–Crippen MR) is 27.8 cm³/mol. The Bertz CT molecular complexity index is 22.5. The SMILES string of the molecule is [Ga+3].[Ga+3].[Mg+2].[Mg+2].[O-2].[O-2].[O-2].[O-2].[O-2].[O-2].[O-2].[Zn+2].[Zn+2]. The van der Waals surface area contributed by atoms with Gasteiger partial charge in [-0.2, -0.15) is 0 Å². The van der Waals surface area contributed by atoms with E-state index in [0.29, 0.717) is 0 Å². The summed E-state index contributed by atoms with van der Waals surface area (Å²) < 4.78 is 0. The maximum absolute atomic E-state index is 0. The van der Waals surface area contributed by atoms with E-state index in [1.807, 2.05) is 0 Å². The van der Waals surface area contributed by atoms with Gasteiger partial charge in [-0.1, -0.05) is 0 Å². The average molecular weight is 431 g/mol. The van der Waals surface area contributed by atoms with Crippen molar-refractivity contribution in [2.75, 3.05) is 0 Å². The molecule has 0 amide bonds. The molecule has 0 aromatic heterocycles. The van der Waals surface area contributed by atoms with Crippen LogP contribution in [0.15, 0.2) is 0 Å². The topological polar surface area (TPSA) is 200 Å². The van der Waals surface area contributed by atoms with E-state index in [1.165, 1.54) is 0 Å². The van der Waals surface area contributed by atoms with E-state index in [-0.39, 0.29) is 163 Å². The van der Waals surface area contributed by atoms with Crippen molar-refractivity contribution in [2.24, 2.45) is 0 Å². The molecule has 0 aliphatic heterocycles. The first kappa shape index (κ1) is 293. The number of hydrogen-bond acceptors (Lipinski definition) is 0. The fraction of sp³-hybridized carbons (Fsp3) is 0. The maximum Gasteiger partial charge on any atom is 3.00 e. The number of hydrogen-bond donors (Lipinski definition) is 0. The van der Waals surface area contributed by atoms with Crippen LogP contribution in [-0.2, 0) is 77.3 Å². The molecule has 0 fully saturated rings. The molecule has 7 nitrogen and oxygen atoms in total. The second-order valence-corrected chi connectivity index (χ2v) is 0. The monoisotopic (exact) mass is 426 g/mol. The van der Waals surface area contributed by atoms with E-state index in [4.69, 9.17) is 0 Å². The largest absolute Gasteiger partial charge is 3.00 e. The molecule has 56 valence electrons. The van der Waals surface area contributed by atoms with Gasteiger partial charge in [0.05, 0.1) is 0 Å². The quantitative estimate of drug-likeness (QED) is 0.370. The van der Waals surface area contributed by atoms with Gasteiger partial charge < -0.3 is 38.3 Å². The zero-order chi connectivity index (χ0) is 0. The second-order valence-electron chi connectivity index (χ2n) is 0. The van der Waals surface area contributed by atoms with Crippen LogP contribution in [0.25, 0.3) is 0 Å². The number of rotatable bonds is 0. The van der Waals surface area contributed by atoms with Gasteiger partial charge in [0.15, 0.2) is 0 Å². The van der Waals surface area contributed by atoms with E-state index in [0.717, 1.165) is 0 Å². The summed E-state index contributed by atoms with van der Waals surface area (Å²) in [5.41, 5.74) is 0. The molecular formula is Ga2Mg2O7Zn2. The Morgan fingerprint density at radius 2 is 0.308 bits per heavy atom. The molecule has 0 saturated carbocycles. The van der Waals surface area contributed by atoms with Crippen LogP contribution in [0.2, 0.25) is 0 Å². The van der Waals surface area contributed by atoms with E-state index < -0.39 is 0 Å². The standard InChI is InChI=1S/2Ga.2Mg.7O.2Zn/q2*+3;2*+2;7*-2;2*+2. The molecule has 0 saturated heterocycles. The molecule has 0 aromatic rings. The zero-order valence-electron chi connectivity index (χ0n) is 6.84. The van der Waals surface area contributed by atoms with Crippen molar-refractivity contribution in [3.05, 3.63) is 0 Å². The molecule has 13 heteroatoms. The van der Waals surface area contributed by atoms with Crippen LogP contribution in [0, 0.1) is 0 Å². The molecule has 0 atom stereocenters. The second kappa shape index (κ2) is 242. The van der Waals surface area contributed by atoms with Gasteiger partial charge in [0, 0.05) is 0 Å². The fourth-order valence-corrected chi connectivity index (χ4v) is 0. The fourth-order valence-electron chi connectivity index (χ4n) is 0. The zero-order valence-corrected chi connectivity index (χ0v) is 20.4. The maximum atomic E-state index is 0. The summed E-state index contributed by atoms with van der Waals surface area (Å²) in [4.78, 5) is 0. The van der Waals surface area contributed by atoms with Gasteiger partial charge in [-0.25, -0.2) is 0 Å². The Hall–Kier alpha value is 3.77. The van der Waals surface area contributed by atoms with Crippen LogP contribution in [0.3, 0.4) is 0 Å². The first-order chi connectivity index (χ1) is 0. The molecule has 0 spiro atoms. The smallest absolute Gasteiger partial charge is 2.00 e. The summed E-state index contributed by atoms with van der Waals surface area (Å²) in [6, 6.07) is 0. The van der Waals surface area contributed by atoms with E-state index in [1.54, 1.807) is 0 Å². The van der Waals surface area contributed by atoms with E-state index in [2.05, 4.69) is 0 Å². The van der Waals surface area contributed by atoms with E-state index >= 15 is 0 Å². The molecule has 0 aliphatic rings. The first-order valence-electron chi connectivity index (χ1n) is 0. The molecule has 0 rings (SSSR count). The van der Waals surface area contributed by atoms with Gasteiger partial charge in [0.2, 0.25) is 0 Å². The van der Waals surface area contributed by atoms with Crippen molar-refractivity contribution < 1.29 is 77.3 Å². The first-order valence-corrected chi connectivity index (χ1v) is 0. The summed E-state index contributed by atoms with van der Waals surface area (Å²) in [6.07, 6.45) is 0. The van der Waals surface area contributed by atoms with Crippen molar-refractivity contribution >= 4 is 85.7 Å². The van der Waals surface area contributed by atoms with Crippen LogP contribution >= 0.6 is 0 Å². The minimum atomic E-state index is 0. The van der Waals surface area contributed by atoms with Crippen molar-refractivity contribution in [3.63, 3.8) is 0 Å². The average Bonchev–Trinajstić information content (AvgIpc) is 0. The summed E-state index contributed by atoms with van der Waals surface area (Å²) in [5.74, 6) is 0. The van der Waals surface area contributed by atoms with Gasteiger partial charge in [0.25, 0.3) is 0 Å². The van der Waals surface area contributed by atoms with Crippen LogP contribution in [0.5, 0.6) is 0 Å². The molecule has 0 aliphatic carbocycles. The van der Waals surface area contributed by atoms with Gasteiger partial charge in [-0.3, -0.25) is 0 Å². The van der Waals surface area contributed by atoms with Gasteiger partial charge in [0.1, 0.15) is 0 Å². The summed E-state index contributed by atoms with van der Waals surface area (Å²) in [5, 5.41) is 0. The molecular weight excluding hydrogens is 431 g/mol. The molecule has 0 radical (unpaired) electrons. The van der Waals surface area contributed by atoms with Crippen LogP contribution < -0.4 is 0 Å². The molecule has 0 heterocycles. The van der Waals surface area contributed by atoms with Gasteiger partial charge >= 0.3 is 125 Å². The van der Waals surface area contributed by atoms with E-state index in [9.17, 15) is 0 Å². The summed E-state index contributed by atoms with van der Waals surface area (Å²) >= 11 is 0. The minimum absolute atomic E-state index is 0. The molecule has 0 unspecified atom stereocenters. The third kappa shape index (κ3) is 210. The third-order valence-corrected chi connectivity index (χ3v) is 0. The molecule has 0 N–H and O–H groups in total. The Balaban J connectivity index is 0. The Morgan fingerprint density at radius 1 is 0.308 bits per heavy atom. The van der Waals surface area contributed by atoms with Crippen molar-refractivity contribution in [3.8, 4) is 0 Å². The van der Waals surface area contributed by atoms with Crippen molar-refractivity contribution in [1.29, 1.82) is 0 Å². The summed E-state index contributed by atoms with van der Waals surface area (Å²) in [7, 11) is 0. The minimum Gasteiger partial charge on any atom is -2.00 e. The Kier molecular flexibility index (Phi) is 5460. The predicted octanol–water partition coefficient (Wildman–Crippen LogP) is -2.36. The van der Waals surface area contributed by atoms with Crippen molar-refractivity contribution in [1.82, 2.24) is 0 Å². The Labute approximate surface area is 160 Å².